The van der Waals surface area contributed by atoms with Crippen molar-refractivity contribution in [1.82, 2.24) is 24.3 Å². The summed E-state index contributed by atoms with van der Waals surface area (Å²) in [5.74, 6) is -0.997. The Morgan fingerprint density at radius 3 is 2.63 bits per heavy atom. The molecule has 1 spiro atoms. The Morgan fingerprint density at radius 2 is 1.97 bits per heavy atom. The molecule has 5 rings (SSSR count). The highest BCUT2D eigenvalue weighted by atomic mass is 19.3. The molecule has 2 aliphatic rings. The third-order valence-electron chi connectivity index (χ3n) is 7.36. The summed E-state index contributed by atoms with van der Waals surface area (Å²) in [6.45, 7) is 0.321. The van der Waals surface area contributed by atoms with Crippen LogP contribution in [0.3, 0.4) is 0 Å². The van der Waals surface area contributed by atoms with Gasteiger partial charge in [0.25, 0.3) is 5.91 Å². The lowest BCUT2D eigenvalue weighted by Crippen LogP contribution is -2.45. The summed E-state index contributed by atoms with van der Waals surface area (Å²) in [5, 5.41) is 3.07. The lowest BCUT2D eigenvalue weighted by Gasteiger charge is -2.40. The van der Waals surface area contributed by atoms with Gasteiger partial charge in [-0.15, -0.1) is 0 Å². The van der Waals surface area contributed by atoms with E-state index >= 15 is 0 Å². The molecule has 1 aromatic carbocycles. The first-order valence-electron chi connectivity index (χ1n) is 12.5. The van der Waals surface area contributed by atoms with Crippen molar-refractivity contribution in [2.75, 3.05) is 33.0 Å². The molecule has 3 heterocycles. The van der Waals surface area contributed by atoms with Crippen LogP contribution in [0.25, 0.3) is 0 Å². The summed E-state index contributed by atoms with van der Waals surface area (Å²) in [5.41, 5.74) is 3.95. The van der Waals surface area contributed by atoms with E-state index in [-0.39, 0.29) is 17.0 Å². The second-order valence-corrected chi connectivity index (χ2v) is 10.4. The monoisotopic (exact) mass is 528 g/mol. The Hall–Kier alpha value is -3.60. The number of carbonyl (C=O) groups excluding carboxylic acids is 1. The van der Waals surface area contributed by atoms with Crippen LogP contribution in [0.4, 0.5) is 19.1 Å². The zero-order valence-corrected chi connectivity index (χ0v) is 21.8. The lowest BCUT2D eigenvalue weighted by atomic mass is 9.81. The first-order valence-corrected chi connectivity index (χ1v) is 12.5. The van der Waals surface area contributed by atoms with Crippen LogP contribution in [0, 0.1) is 5.82 Å². The zero-order valence-electron chi connectivity index (χ0n) is 21.8. The third-order valence-corrected chi connectivity index (χ3v) is 7.36. The van der Waals surface area contributed by atoms with E-state index in [0.717, 1.165) is 47.7 Å². The van der Waals surface area contributed by atoms with Gasteiger partial charge in [0.05, 0.1) is 24.5 Å². The Labute approximate surface area is 219 Å². The fourth-order valence-corrected chi connectivity index (χ4v) is 5.49. The second-order valence-electron chi connectivity index (χ2n) is 10.4. The number of anilines is 1. The van der Waals surface area contributed by atoms with Gasteiger partial charge in [0, 0.05) is 49.6 Å². The summed E-state index contributed by atoms with van der Waals surface area (Å²) < 4.78 is 45.9. The average molecular weight is 529 g/mol. The number of ether oxygens (including phenoxy) is 1. The fourth-order valence-electron chi connectivity index (χ4n) is 5.49. The van der Waals surface area contributed by atoms with Crippen molar-refractivity contribution < 1.29 is 22.7 Å². The molecule has 1 N–H and O–H groups in total. The fraction of sp³-hybridized carbons (Fsp3) is 0.444. The van der Waals surface area contributed by atoms with Crippen molar-refractivity contribution in [2.45, 2.75) is 50.9 Å². The first-order chi connectivity index (χ1) is 18.1. The van der Waals surface area contributed by atoms with Crippen LogP contribution in [0.2, 0.25) is 0 Å². The van der Waals surface area contributed by atoms with Gasteiger partial charge in [-0.3, -0.25) is 9.78 Å². The lowest BCUT2D eigenvalue weighted by molar-refractivity contribution is -0.0524. The van der Waals surface area contributed by atoms with E-state index in [0.29, 0.717) is 25.2 Å². The molecule has 2 aromatic heterocycles. The van der Waals surface area contributed by atoms with Crippen molar-refractivity contribution >= 4 is 11.9 Å². The van der Waals surface area contributed by atoms with Gasteiger partial charge < -0.3 is 24.4 Å². The standard InChI is InChI=1S/C27H31F3N6O2/c1-16(21-11-22(38-25(29)30)20(28)12-33-21)36-15-27(5-6-27)23-18(14-34(3)4)9-17(10-19(23)24(36)37)13-35-8-7-32-26(35)31-2/h7-12,16,25H,5-6,13-15H2,1-4H3,(H,31,32)/t16-/m0/s1. The van der Waals surface area contributed by atoms with Crippen LogP contribution in [-0.4, -0.2) is 64.5 Å². The minimum absolute atomic E-state index is 0.159. The number of aromatic nitrogens is 3. The number of amides is 1. The van der Waals surface area contributed by atoms with Gasteiger partial charge in [-0.1, -0.05) is 6.07 Å². The maximum atomic E-state index is 14.0. The molecule has 1 atom stereocenters. The number of nitrogens with zero attached hydrogens (tertiary/aromatic N) is 5. The van der Waals surface area contributed by atoms with E-state index in [4.69, 9.17) is 0 Å². The molecule has 0 bridgehead atoms. The summed E-state index contributed by atoms with van der Waals surface area (Å²) in [6, 6.07) is 4.72. The van der Waals surface area contributed by atoms with Crippen LogP contribution in [0.5, 0.6) is 5.75 Å². The number of alkyl halides is 2. The van der Waals surface area contributed by atoms with Crippen molar-refractivity contribution in [3.05, 3.63) is 70.6 Å². The Kier molecular flexibility index (Phi) is 6.81. The van der Waals surface area contributed by atoms with Crippen molar-refractivity contribution in [3.63, 3.8) is 0 Å². The van der Waals surface area contributed by atoms with E-state index in [2.05, 4.69) is 31.0 Å². The molecular formula is C27H31F3N6O2. The molecule has 1 fully saturated rings. The number of hydrogen-bond donors (Lipinski definition) is 1. The quantitative estimate of drug-likeness (QED) is 0.443. The molecule has 1 amide bonds. The van der Waals surface area contributed by atoms with Gasteiger partial charge in [0.15, 0.2) is 11.6 Å². The summed E-state index contributed by atoms with van der Waals surface area (Å²) in [6.07, 6.45) is 6.35. The molecule has 0 radical (unpaired) electrons. The number of nitrogens with one attached hydrogen (secondary N) is 1. The van der Waals surface area contributed by atoms with Crippen molar-refractivity contribution in [2.24, 2.45) is 0 Å². The minimum atomic E-state index is -3.17. The van der Waals surface area contributed by atoms with Gasteiger partial charge in [-0.2, -0.15) is 8.78 Å². The third kappa shape index (κ3) is 4.82. The molecule has 3 aromatic rings. The maximum absolute atomic E-state index is 14.0. The predicted octanol–water partition coefficient (Wildman–Crippen LogP) is 4.42. The minimum Gasteiger partial charge on any atom is -0.432 e. The Bertz CT molecular complexity index is 1350. The topological polar surface area (TPSA) is 75.5 Å². The Balaban J connectivity index is 1.55. The number of halogens is 3. The molecule has 8 nitrogen and oxygen atoms in total. The van der Waals surface area contributed by atoms with Gasteiger partial charge in [-0.25, -0.2) is 9.37 Å². The predicted molar refractivity (Wildman–Crippen MR) is 136 cm³/mol. The molecular weight excluding hydrogens is 497 g/mol. The maximum Gasteiger partial charge on any atom is 0.387 e. The van der Waals surface area contributed by atoms with E-state index in [1.54, 1.807) is 18.0 Å². The molecule has 1 aliphatic carbocycles. The number of carbonyl (C=O) groups is 1. The number of imidazole rings is 1. The Morgan fingerprint density at radius 1 is 1.21 bits per heavy atom. The highest BCUT2D eigenvalue weighted by Gasteiger charge is 2.53. The molecule has 38 heavy (non-hydrogen) atoms. The summed E-state index contributed by atoms with van der Waals surface area (Å²) in [4.78, 5) is 26.3. The molecule has 1 aliphatic heterocycles. The van der Waals surface area contributed by atoms with Crippen LogP contribution in [0.15, 0.2) is 36.8 Å². The normalized spacial score (nSPS) is 16.8. The largest absolute Gasteiger partial charge is 0.432 e. The molecule has 0 unspecified atom stereocenters. The van der Waals surface area contributed by atoms with Crippen LogP contribution < -0.4 is 10.1 Å². The highest BCUT2D eigenvalue weighted by Crippen LogP contribution is 2.55. The van der Waals surface area contributed by atoms with Crippen molar-refractivity contribution in [3.8, 4) is 5.75 Å². The van der Waals surface area contributed by atoms with Gasteiger partial charge in [0.2, 0.25) is 5.95 Å². The van der Waals surface area contributed by atoms with E-state index < -0.39 is 24.2 Å². The van der Waals surface area contributed by atoms with E-state index in [1.165, 1.54) is 0 Å². The average Bonchev–Trinajstić information content (AvgIpc) is 3.49. The van der Waals surface area contributed by atoms with E-state index in [9.17, 15) is 18.0 Å². The first kappa shape index (κ1) is 26.0. The highest BCUT2D eigenvalue weighted by molar-refractivity contribution is 5.98. The number of pyridine rings is 1. The van der Waals surface area contributed by atoms with Crippen LogP contribution in [-0.2, 0) is 18.5 Å². The van der Waals surface area contributed by atoms with Crippen LogP contribution in [0.1, 0.15) is 58.5 Å². The molecule has 202 valence electrons. The zero-order chi connectivity index (χ0) is 27.2. The summed E-state index contributed by atoms with van der Waals surface area (Å²) >= 11 is 0. The number of rotatable bonds is 9. The van der Waals surface area contributed by atoms with Gasteiger partial charge >= 0.3 is 6.61 Å². The number of benzene rings is 1. The van der Waals surface area contributed by atoms with E-state index in [1.807, 2.05) is 38.0 Å². The smallest absolute Gasteiger partial charge is 0.387 e. The molecule has 0 saturated heterocycles. The SMILES string of the molecule is CNc1nccn1Cc1cc(CN(C)C)c2c(c1)C(=O)N([C@@H](C)c1cc(OC(F)F)c(F)cn1)CC21CC1. The molecule has 11 heteroatoms. The van der Waals surface area contributed by atoms with Crippen LogP contribution >= 0.6 is 0 Å². The number of hydrogen-bond acceptors (Lipinski definition) is 6. The second kappa shape index (κ2) is 9.94. The van der Waals surface area contributed by atoms with Gasteiger partial charge in [0.1, 0.15) is 0 Å². The number of fused-ring (bicyclic) bond motifs is 2. The molecule has 1 saturated carbocycles. The van der Waals surface area contributed by atoms with Gasteiger partial charge in [-0.05, 0) is 56.6 Å². The van der Waals surface area contributed by atoms with Crippen molar-refractivity contribution in [1.29, 1.82) is 0 Å². The summed E-state index contributed by atoms with van der Waals surface area (Å²) in [7, 11) is 5.82.